The third kappa shape index (κ3) is 3.94. The van der Waals surface area contributed by atoms with Gasteiger partial charge in [-0.05, 0) is 97.9 Å². The van der Waals surface area contributed by atoms with Gasteiger partial charge in [0.25, 0.3) is 5.91 Å². The van der Waals surface area contributed by atoms with Gasteiger partial charge in [-0.1, -0.05) is 19.1 Å². The molecule has 4 aliphatic carbocycles. The SMILES string of the molecule is CCc1ccc(OCc2ccc(C(=O)NCC34CC5CC(CC(C5)C3)C4)o2)cc1. The molecule has 154 valence electrons. The highest BCUT2D eigenvalue weighted by atomic mass is 16.5. The van der Waals surface area contributed by atoms with Crippen LogP contribution in [0, 0.1) is 23.2 Å². The largest absolute Gasteiger partial charge is 0.486 e. The molecule has 1 aromatic heterocycles. The number of aryl methyl sites for hydroxylation is 1. The molecule has 4 nitrogen and oxygen atoms in total. The summed E-state index contributed by atoms with van der Waals surface area (Å²) in [5, 5.41) is 3.18. The number of amides is 1. The van der Waals surface area contributed by atoms with E-state index in [1.165, 1.54) is 44.1 Å². The van der Waals surface area contributed by atoms with E-state index in [-0.39, 0.29) is 5.91 Å². The van der Waals surface area contributed by atoms with Crippen LogP contribution < -0.4 is 10.1 Å². The molecule has 6 rings (SSSR count). The summed E-state index contributed by atoms with van der Waals surface area (Å²) in [7, 11) is 0. The van der Waals surface area contributed by atoms with E-state index >= 15 is 0 Å². The molecule has 0 saturated heterocycles. The number of benzene rings is 1. The Morgan fingerprint density at radius 1 is 1.03 bits per heavy atom. The van der Waals surface area contributed by atoms with Crippen molar-refractivity contribution < 1.29 is 13.9 Å². The summed E-state index contributed by atoms with van der Waals surface area (Å²) in [6.07, 6.45) is 9.19. The Bertz CT molecular complexity index is 831. The van der Waals surface area contributed by atoms with Crippen molar-refractivity contribution in [3.05, 3.63) is 53.5 Å². The summed E-state index contributed by atoms with van der Waals surface area (Å²) in [4.78, 5) is 12.7. The maximum Gasteiger partial charge on any atom is 0.287 e. The molecule has 4 heteroatoms. The van der Waals surface area contributed by atoms with Gasteiger partial charge in [-0.2, -0.15) is 0 Å². The predicted octanol–water partition coefficient (Wildman–Crippen LogP) is 5.37. The van der Waals surface area contributed by atoms with Gasteiger partial charge < -0.3 is 14.5 Å². The first-order chi connectivity index (χ1) is 14.1. The minimum Gasteiger partial charge on any atom is -0.486 e. The molecule has 2 aromatic rings. The zero-order valence-corrected chi connectivity index (χ0v) is 17.3. The fourth-order valence-electron chi connectivity index (χ4n) is 6.41. The Hall–Kier alpha value is -2.23. The maximum atomic E-state index is 12.7. The molecule has 4 aliphatic rings. The number of hydrogen-bond acceptors (Lipinski definition) is 3. The molecule has 4 bridgehead atoms. The van der Waals surface area contributed by atoms with Gasteiger partial charge in [-0.3, -0.25) is 4.79 Å². The van der Waals surface area contributed by atoms with Crippen LogP contribution in [0.4, 0.5) is 0 Å². The van der Waals surface area contributed by atoms with Crippen molar-refractivity contribution in [3.8, 4) is 5.75 Å². The minimum absolute atomic E-state index is 0.0979. The number of furan rings is 1. The van der Waals surface area contributed by atoms with Gasteiger partial charge in [-0.25, -0.2) is 0 Å². The van der Waals surface area contributed by atoms with Crippen molar-refractivity contribution in [2.75, 3.05) is 6.54 Å². The normalized spacial score (nSPS) is 29.8. The minimum atomic E-state index is -0.0979. The number of carbonyl (C=O) groups excluding carboxylic acids is 1. The van der Waals surface area contributed by atoms with Crippen molar-refractivity contribution in [2.24, 2.45) is 23.2 Å². The number of ether oxygens (including phenoxy) is 1. The highest BCUT2D eigenvalue weighted by molar-refractivity contribution is 5.91. The molecule has 1 heterocycles. The zero-order chi connectivity index (χ0) is 19.8. The van der Waals surface area contributed by atoms with E-state index in [0.717, 1.165) is 36.5 Å². The van der Waals surface area contributed by atoms with Crippen LogP contribution in [-0.4, -0.2) is 12.5 Å². The summed E-state index contributed by atoms with van der Waals surface area (Å²) >= 11 is 0. The Balaban J connectivity index is 1.15. The number of hydrogen-bond donors (Lipinski definition) is 1. The highest BCUT2D eigenvalue weighted by Gasteiger charge is 2.50. The summed E-state index contributed by atoms with van der Waals surface area (Å²) in [5.74, 6) is 4.47. The summed E-state index contributed by atoms with van der Waals surface area (Å²) in [5.41, 5.74) is 1.63. The lowest BCUT2D eigenvalue weighted by Gasteiger charge is -2.56. The Morgan fingerprint density at radius 2 is 1.69 bits per heavy atom. The van der Waals surface area contributed by atoms with Crippen LogP contribution in [0.3, 0.4) is 0 Å². The van der Waals surface area contributed by atoms with Crippen LogP contribution in [0.15, 0.2) is 40.8 Å². The Morgan fingerprint density at radius 3 is 2.31 bits per heavy atom. The average molecular weight is 394 g/mol. The van der Waals surface area contributed by atoms with E-state index in [0.29, 0.717) is 23.5 Å². The van der Waals surface area contributed by atoms with Crippen LogP contribution in [0.2, 0.25) is 0 Å². The quantitative estimate of drug-likeness (QED) is 0.688. The van der Waals surface area contributed by atoms with Gasteiger partial charge in [0.2, 0.25) is 0 Å². The average Bonchev–Trinajstić information content (AvgIpc) is 3.19. The van der Waals surface area contributed by atoms with Gasteiger partial charge in [0.05, 0.1) is 0 Å². The molecule has 0 radical (unpaired) electrons. The molecular formula is C25H31NO3. The molecule has 29 heavy (non-hydrogen) atoms. The molecule has 0 atom stereocenters. The van der Waals surface area contributed by atoms with Crippen LogP contribution in [-0.2, 0) is 13.0 Å². The van der Waals surface area contributed by atoms with Gasteiger partial charge in [0.1, 0.15) is 18.1 Å². The molecular weight excluding hydrogens is 362 g/mol. The lowest BCUT2D eigenvalue weighted by atomic mass is 9.49. The fourth-order valence-corrected chi connectivity index (χ4v) is 6.41. The molecule has 0 unspecified atom stereocenters. The molecule has 1 N–H and O–H groups in total. The zero-order valence-electron chi connectivity index (χ0n) is 17.3. The van der Waals surface area contributed by atoms with Crippen molar-refractivity contribution in [2.45, 2.75) is 58.5 Å². The second-order valence-corrected chi connectivity index (χ2v) is 9.65. The summed E-state index contributed by atoms with van der Waals surface area (Å²) in [6, 6.07) is 11.7. The first-order valence-electron chi connectivity index (χ1n) is 11.2. The van der Waals surface area contributed by atoms with E-state index in [4.69, 9.17) is 9.15 Å². The number of rotatable bonds is 7. The standard InChI is InChI=1S/C25H31NO3/c1-2-17-3-5-21(6-4-17)28-15-22-7-8-23(29-22)24(27)26-16-25-12-18-9-19(13-25)11-20(10-18)14-25/h3-8,18-20H,2,9-16H2,1H3,(H,26,27). The first-order valence-corrected chi connectivity index (χ1v) is 11.2. The van der Waals surface area contributed by atoms with Crippen LogP contribution in [0.25, 0.3) is 0 Å². The van der Waals surface area contributed by atoms with Crippen LogP contribution in [0.5, 0.6) is 5.75 Å². The van der Waals surface area contributed by atoms with Crippen molar-refractivity contribution >= 4 is 5.91 Å². The number of carbonyl (C=O) groups is 1. The van der Waals surface area contributed by atoms with E-state index in [1.807, 2.05) is 18.2 Å². The summed E-state index contributed by atoms with van der Waals surface area (Å²) in [6.45, 7) is 3.26. The lowest BCUT2D eigenvalue weighted by Crippen LogP contribution is -2.51. The van der Waals surface area contributed by atoms with Crippen molar-refractivity contribution in [3.63, 3.8) is 0 Å². The van der Waals surface area contributed by atoms with E-state index < -0.39 is 0 Å². The van der Waals surface area contributed by atoms with Crippen LogP contribution >= 0.6 is 0 Å². The number of nitrogens with one attached hydrogen (secondary N) is 1. The first kappa shape index (κ1) is 18.8. The van der Waals surface area contributed by atoms with Crippen molar-refractivity contribution in [1.82, 2.24) is 5.32 Å². The van der Waals surface area contributed by atoms with Gasteiger partial charge >= 0.3 is 0 Å². The third-order valence-corrected chi connectivity index (χ3v) is 7.39. The summed E-state index contributed by atoms with van der Waals surface area (Å²) < 4.78 is 11.5. The second-order valence-electron chi connectivity index (χ2n) is 9.65. The molecule has 4 fully saturated rings. The molecule has 1 aromatic carbocycles. The van der Waals surface area contributed by atoms with E-state index in [1.54, 1.807) is 6.07 Å². The van der Waals surface area contributed by atoms with Crippen LogP contribution in [0.1, 0.15) is 67.3 Å². The fraction of sp³-hybridized carbons (Fsp3) is 0.560. The van der Waals surface area contributed by atoms with Crippen molar-refractivity contribution in [1.29, 1.82) is 0 Å². The smallest absolute Gasteiger partial charge is 0.287 e. The molecule has 0 aliphatic heterocycles. The monoisotopic (exact) mass is 393 g/mol. The topological polar surface area (TPSA) is 51.5 Å². The second kappa shape index (κ2) is 7.55. The van der Waals surface area contributed by atoms with Gasteiger partial charge in [0.15, 0.2) is 5.76 Å². The Kier molecular flexibility index (Phi) is 4.89. The predicted molar refractivity (Wildman–Crippen MR) is 112 cm³/mol. The van der Waals surface area contributed by atoms with Gasteiger partial charge in [-0.15, -0.1) is 0 Å². The van der Waals surface area contributed by atoms with E-state index in [9.17, 15) is 4.79 Å². The highest BCUT2D eigenvalue weighted by Crippen LogP contribution is 2.59. The van der Waals surface area contributed by atoms with Gasteiger partial charge in [0, 0.05) is 6.54 Å². The Labute approximate surface area is 173 Å². The molecule has 0 spiro atoms. The molecule has 4 saturated carbocycles. The maximum absolute atomic E-state index is 12.7. The lowest BCUT2D eigenvalue weighted by molar-refractivity contribution is -0.0504. The third-order valence-electron chi connectivity index (χ3n) is 7.39. The molecule has 1 amide bonds. The van der Waals surface area contributed by atoms with E-state index in [2.05, 4.69) is 24.4 Å².